The largest absolute Gasteiger partial charge is 0.478 e. The third kappa shape index (κ3) is 3.44. The number of nitrogens with zero attached hydrogens (tertiary/aromatic N) is 3. The van der Waals surface area contributed by atoms with Crippen molar-refractivity contribution in [3.05, 3.63) is 78.0 Å². The van der Waals surface area contributed by atoms with Gasteiger partial charge in [0.05, 0.1) is 5.56 Å². The van der Waals surface area contributed by atoms with E-state index >= 15 is 0 Å². The molecule has 4 rings (SSSR count). The summed E-state index contributed by atoms with van der Waals surface area (Å²) < 4.78 is 1.72. The SMILES string of the molecule is CC(C)c1cccc(-c2cccn3nc(Nc4cccc(C(=O)O)c4)nc23)c1. The summed E-state index contributed by atoms with van der Waals surface area (Å²) in [5.41, 5.74) is 4.91. The molecule has 4 aromatic rings. The Hall–Kier alpha value is -3.67. The maximum atomic E-state index is 11.2. The van der Waals surface area contributed by atoms with Gasteiger partial charge in [-0.1, -0.05) is 44.2 Å². The number of carbonyl (C=O) groups is 1. The second-order valence-corrected chi connectivity index (χ2v) is 6.92. The number of hydrogen-bond donors (Lipinski definition) is 2. The van der Waals surface area contributed by atoms with Crippen LogP contribution in [-0.4, -0.2) is 25.7 Å². The fourth-order valence-electron chi connectivity index (χ4n) is 3.11. The minimum Gasteiger partial charge on any atom is -0.478 e. The van der Waals surface area contributed by atoms with Crippen LogP contribution in [0.2, 0.25) is 0 Å². The maximum Gasteiger partial charge on any atom is 0.335 e. The van der Waals surface area contributed by atoms with Gasteiger partial charge in [-0.25, -0.2) is 9.31 Å². The third-order valence-electron chi connectivity index (χ3n) is 4.59. The molecule has 2 N–H and O–H groups in total. The van der Waals surface area contributed by atoms with Crippen LogP contribution in [-0.2, 0) is 0 Å². The predicted molar refractivity (Wildman–Crippen MR) is 109 cm³/mol. The maximum absolute atomic E-state index is 11.2. The van der Waals surface area contributed by atoms with Gasteiger partial charge in [-0.15, -0.1) is 5.10 Å². The van der Waals surface area contributed by atoms with Gasteiger partial charge in [-0.05, 0) is 47.4 Å². The van der Waals surface area contributed by atoms with Crippen LogP contribution < -0.4 is 5.32 Å². The quantitative estimate of drug-likeness (QED) is 0.517. The molecule has 2 aromatic carbocycles. The van der Waals surface area contributed by atoms with Crippen molar-refractivity contribution in [2.45, 2.75) is 19.8 Å². The van der Waals surface area contributed by atoms with E-state index in [2.05, 4.69) is 53.5 Å². The van der Waals surface area contributed by atoms with Crippen LogP contribution in [0, 0.1) is 0 Å². The first-order valence-corrected chi connectivity index (χ1v) is 9.07. The highest BCUT2D eigenvalue weighted by molar-refractivity contribution is 5.89. The van der Waals surface area contributed by atoms with E-state index in [1.54, 1.807) is 28.8 Å². The zero-order valence-corrected chi connectivity index (χ0v) is 15.6. The monoisotopic (exact) mass is 372 g/mol. The lowest BCUT2D eigenvalue weighted by Crippen LogP contribution is -1.98. The third-order valence-corrected chi connectivity index (χ3v) is 4.59. The first kappa shape index (κ1) is 17.7. The van der Waals surface area contributed by atoms with E-state index in [1.807, 2.05) is 18.3 Å². The fourth-order valence-corrected chi connectivity index (χ4v) is 3.11. The van der Waals surface area contributed by atoms with Gasteiger partial charge in [0.2, 0.25) is 5.95 Å². The van der Waals surface area contributed by atoms with Crippen molar-refractivity contribution in [3.63, 3.8) is 0 Å². The van der Waals surface area contributed by atoms with Crippen molar-refractivity contribution in [1.29, 1.82) is 0 Å². The van der Waals surface area contributed by atoms with Crippen LogP contribution in [0.3, 0.4) is 0 Å². The molecular formula is C22H20N4O2. The summed E-state index contributed by atoms with van der Waals surface area (Å²) in [6, 6.07) is 19.0. The molecule has 0 aliphatic rings. The molecular weight excluding hydrogens is 352 g/mol. The number of pyridine rings is 1. The molecule has 0 amide bonds. The number of nitrogens with one attached hydrogen (secondary N) is 1. The molecule has 6 heteroatoms. The van der Waals surface area contributed by atoms with Crippen LogP contribution in [0.4, 0.5) is 11.6 Å². The molecule has 6 nitrogen and oxygen atoms in total. The van der Waals surface area contributed by atoms with E-state index in [0.29, 0.717) is 17.6 Å². The van der Waals surface area contributed by atoms with Crippen LogP contribution in [0.15, 0.2) is 66.9 Å². The minimum absolute atomic E-state index is 0.208. The molecule has 2 aromatic heterocycles. The van der Waals surface area contributed by atoms with Gasteiger partial charge < -0.3 is 10.4 Å². The second kappa shape index (κ2) is 7.15. The highest BCUT2D eigenvalue weighted by Gasteiger charge is 2.12. The summed E-state index contributed by atoms with van der Waals surface area (Å²) in [6.07, 6.45) is 1.84. The summed E-state index contributed by atoms with van der Waals surface area (Å²) in [6.45, 7) is 4.34. The minimum atomic E-state index is -0.973. The Balaban J connectivity index is 1.72. The van der Waals surface area contributed by atoms with E-state index in [9.17, 15) is 4.79 Å². The zero-order valence-electron chi connectivity index (χ0n) is 15.6. The van der Waals surface area contributed by atoms with Crippen LogP contribution in [0.5, 0.6) is 0 Å². The molecule has 0 fully saturated rings. The Morgan fingerprint density at radius 1 is 1.07 bits per heavy atom. The van der Waals surface area contributed by atoms with E-state index < -0.39 is 5.97 Å². The fraction of sp³-hybridized carbons (Fsp3) is 0.136. The molecule has 0 bridgehead atoms. The number of hydrogen-bond acceptors (Lipinski definition) is 4. The van der Waals surface area contributed by atoms with E-state index in [0.717, 1.165) is 16.8 Å². The number of anilines is 2. The number of carboxylic acids is 1. The lowest BCUT2D eigenvalue weighted by atomic mass is 9.98. The van der Waals surface area contributed by atoms with E-state index in [4.69, 9.17) is 5.11 Å². The Kier molecular flexibility index (Phi) is 4.53. The predicted octanol–water partition coefficient (Wildman–Crippen LogP) is 4.96. The van der Waals surface area contributed by atoms with Gasteiger partial charge in [0.15, 0.2) is 5.65 Å². The summed E-state index contributed by atoms with van der Waals surface area (Å²) in [7, 11) is 0. The molecule has 0 atom stereocenters. The van der Waals surface area contributed by atoms with Crippen LogP contribution in [0.1, 0.15) is 35.7 Å². The number of fused-ring (bicyclic) bond motifs is 1. The van der Waals surface area contributed by atoms with Crippen molar-refractivity contribution in [3.8, 4) is 11.1 Å². The lowest BCUT2D eigenvalue weighted by molar-refractivity contribution is 0.0697. The van der Waals surface area contributed by atoms with Crippen LogP contribution >= 0.6 is 0 Å². The summed E-state index contributed by atoms with van der Waals surface area (Å²) in [5, 5.41) is 16.7. The summed E-state index contributed by atoms with van der Waals surface area (Å²) >= 11 is 0. The second-order valence-electron chi connectivity index (χ2n) is 6.92. The van der Waals surface area contributed by atoms with Crippen molar-refractivity contribution < 1.29 is 9.90 Å². The number of carboxylic acid groups (broad SMARTS) is 1. The molecule has 0 aliphatic carbocycles. The Morgan fingerprint density at radius 2 is 1.89 bits per heavy atom. The molecule has 0 saturated heterocycles. The smallest absolute Gasteiger partial charge is 0.335 e. The molecule has 0 spiro atoms. The van der Waals surface area contributed by atoms with Gasteiger partial charge in [0.25, 0.3) is 0 Å². The highest BCUT2D eigenvalue weighted by Crippen LogP contribution is 2.27. The molecule has 0 unspecified atom stereocenters. The van der Waals surface area contributed by atoms with Gasteiger partial charge in [-0.3, -0.25) is 0 Å². The molecule has 0 saturated carbocycles. The van der Waals surface area contributed by atoms with E-state index in [1.165, 1.54) is 5.56 Å². The molecule has 140 valence electrons. The average molecular weight is 372 g/mol. The van der Waals surface area contributed by atoms with Crippen molar-refractivity contribution in [1.82, 2.24) is 14.6 Å². The van der Waals surface area contributed by atoms with Crippen molar-refractivity contribution in [2.75, 3.05) is 5.32 Å². The Bertz CT molecular complexity index is 1160. The number of rotatable bonds is 5. The number of aromatic nitrogens is 3. The molecule has 28 heavy (non-hydrogen) atoms. The number of aromatic carboxylic acids is 1. The lowest BCUT2D eigenvalue weighted by Gasteiger charge is -2.08. The van der Waals surface area contributed by atoms with Gasteiger partial charge in [0, 0.05) is 17.4 Å². The van der Waals surface area contributed by atoms with Crippen LogP contribution in [0.25, 0.3) is 16.8 Å². The zero-order chi connectivity index (χ0) is 19.7. The normalized spacial score (nSPS) is 11.1. The van der Waals surface area contributed by atoms with E-state index in [-0.39, 0.29) is 5.56 Å². The summed E-state index contributed by atoms with van der Waals surface area (Å²) in [4.78, 5) is 15.8. The van der Waals surface area contributed by atoms with Gasteiger partial charge in [0.1, 0.15) is 0 Å². The summed E-state index contributed by atoms with van der Waals surface area (Å²) in [5.74, 6) is -0.120. The van der Waals surface area contributed by atoms with Crippen molar-refractivity contribution >= 4 is 23.3 Å². The number of benzene rings is 2. The topological polar surface area (TPSA) is 79.5 Å². The first-order valence-electron chi connectivity index (χ1n) is 9.07. The van der Waals surface area contributed by atoms with Gasteiger partial charge in [-0.2, -0.15) is 4.98 Å². The Labute approximate surface area is 162 Å². The highest BCUT2D eigenvalue weighted by atomic mass is 16.4. The van der Waals surface area contributed by atoms with Gasteiger partial charge >= 0.3 is 5.97 Å². The molecule has 2 heterocycles. The Morgan fingerprint density at radius 3 is 2.68 bits per heavy atom. The first-order chi connectivity index (χ1) is 13.5. The average Bonchev–Trinajstić information content (AvgIpc) is 3.10. The molecule has 0 radical (unpaired) electrons. The standard InChI is InChI=1S/C22H20N4O2/c1-14(2)15-6-3-7-16(12-15)19-10-5-11-26-20(19)24-22(25-26)23-18-9-4-8-17(13-18)21(27)28/h3-14H,1-2H3,(H,23,25)(H,27,28). The molecule has 0 aliphatic heterocycles. The van der Waals surface area contributed by atoms with Crippen molar-refractivity contribution in [2.24, 2.45) is 0 Å².